The van der Waals surface area contributed by atoms with E-state index < -0.39 is 17.3 Å². The van der Waals surface area contributed by atoms with Crippen LogP contribution < -0.4 is 5.73 Å². The predicted molar refractivity (Wildman–Crippen MR) is 88.9 cm³/mol. The summed E-state index contributed by atoms with van der Waals surface area (Å²) in [4.78, 5) is 0. The van der Waals surface area contributed by atoms with Crippen LogP contribution in [0.15, 0.2) is 71.9 Å². The smallest absolute Gasteiger partial charge is 0.191 e. The van der Waals surface area contributed by atoms with Crippen molar-refractivity contribution >= 4 is 0 Å². The summed E-state index contributed by atoms with van der Waals surface area (Å²) in [5.74, 6) is -0.941. The quantitative estimate of drug-likeness (QED) is 0.919. The molecule has 2 aromatic rings. The van der Waals surface area contributed by atoms with Crippen molar-refractivity contribution in [3.63, 3.8) is 0 Å². The van der Waals surface area contributed by atoms with Crippen molar-refractivity contribution in [2.24, 2.45) is 11.1 Å². The summed E-state index contributed by atoms with van der Waals surface area (Å²) in [6, 6.07) is 25.1. The van der Waals surface area contributed by atoms with Crippen LogP contribution in [-0.4, -0.2) is 0 Å². The molecule has 0 fully saturated rings. The number of nitrogens with two attached hydrogens (primary N) is 1. The van der Waals surface area contributed by atoms with E-state index in [9.17, 15) is 15.8 Å². The SMILES string of the molecule is N#CC1=C(N)C(C#N)(C#N)C(c2ccccc2)C1c1ccccc1. The van der Waals surface area contributed by atoms with Crippen molar-refractivity contribution in [1.29, 1.82) is 15.8 Å². The molecule has 0 bridgehead atoms. The van der Waals surface area contributed by atoms with Crippen LogP contribution in [0.1, 0.15) is 23.0 Å². The molecule has 0 aliphatic heterocycles. The first-order chi connectivity index (χ1) is 11.7. The maximum Gasteiger partial charge on any atom is 0.191 e. The Kier molecular flexibility index (Phi) is 3.78. The molecule has 1 aliphatic carbocycles. The Labute approximate surface area is 140 Å². The Hall–Kier alpha value is -3.55. The van der Waals surface area contributed by atoms with E-state index in [1.807, 2.05) is 60.7 Å². The first kappa shape index (κ1) is 15.3. The van der Waals surface area contributed by atoms with Gasteiger partial charge in [-0.3, -0.25) is 0 Å². The largest absolute Gasteiger partial charge is 0.399 e. The van der Waals surface area contributed by atoms with Gasteiger partial charge in [-0.25, -0.2) is 0 Å². The van der Waals surface area contributed by atoms with Crippen molar-refractivity contribution in [2.45, 2.75) is 11.8 Å². The average molecular weight is 310 g/mol. The monoisotopic (exact) mass is 310 g/mol. The van der Waals surface area contributed by atoms with Crippen molar-refractivity contribution in [1.82, 2.24) is 0 Å². The van der Waals surface area contributed by atoms with Crippen LogP contribution in [0.5, 0.6) is 0 Å². The maximum absolute atomic E-state index is 9.80. The number of hydrogen-bond donors (Lipinski definition) is 1. The van der Waals surface area contributed by atoms with E-state index in [1.165, 1.54) is 0 Å². The Morgan fingerprint density at radius 1 is 0.792 bits per heavy atom. The lowest BCUT2D eigenvalue weighted by Crippen LogP contribution is -2.29. The average Bonchev–Trinajstić information content (AvgIpc) is 2.91. The highest BCUT2D eigenvalue weighted by Crippen LogP contribution is 2.57. The third kappa shape index (κ3) is 2.04. The molecule has 1 aliphatic rings. The lowest BCUT2D eigenvalue weighted by atomic mass is 9.70. The van der Waals surface area contributed by atoms with Crippen LogP contribution in [0, 0.1) is 39.4 Å². The summed E-state index contributed by atoms with van der Waals surface area (Å²) in [5.41, 5.74) is 6.68. The van der Waals surface area contributed by atoms with E-state index in [-0.39, 0.29) is 5.70 Å². The molecule has 2 atom stereocenters. The van der Waals surface area contributed by atoms with Gasteiger partial charge in [0, 0.05) is 11.8 Å². The minimum absolute atomic E-state index is 0.0673. The molecule has 0 saturated heterocycles. The molecule has 4 heteroatoms. The molecule has 114 valence electrons. The predicted octanol–water partition coefficient (Wildman–Crippen LogP) is 3.34. The summed E-state index contributed by atoms with van der Waals surface area (Å²) < 4.78 is 0. The number of hydrogen-bond acceptors (Lipinski definition) is 4. The minimum Gasteiger partial charge on any atom is -0.399 e. The van der Waals surface area contributed by atoms with E-state index >= 15 is 0 Å². The molecule has 2 aromatic carbocycles. The van der Waals surface area contributed by atoms with Crippen LogP contribution in [0.2, 0.25) is 0 Å². The van der Waals surface area contributed by atoms with E-state index in [2.05, 4.69) is 18.2 Å². The molecule has 0 radical (unpaired) electrons. The number of rotatable bonds is 2. The molecular weight excluding hydrogens is 296 g/mol. The third-order valence-electron chi connectivity index (χ3n) is 4.62. The van der Waals surface area contributed by atoms with Gasteiger partial charge in [0.15, 0.2) is 5.41 Å². The van der Waals surface area contributed by atoms with Gasteiger partial charge in [-0.15, -0.1) is 0 Å². The molecule has 0 aromatic heterocycles. The second-order valence-corrected chi connectivity index (χ2v) is 5.75. The first-order valence-electron chi connectivity index (χ1n) is 7.52. The normalized spacial score (nSPS) is 21.5. The molecule has 2 unspecified atom stereocenters. The van der Waals surface area contributed by atoms with Crippen LogP contribution >= 0.6 is 0 Å². The summed E-state index contributed by atoms with van der Waals surface area (Å²) in [6.07, 6.45) is 0. The van der Waals surface area contributed by atoms with Gasteiger partial charge in [-0.1, -0.05) is 60.7 Å². The Bertz CT molecular complexity index is 894. The lowest BCUT2D eigenvalue weighted by molar-refractivity contribution is 0.475. The summed E-state index contributed by atoms with van der Waals surface area (Å²) in [6.45, 7) is 0. The van der Waals surface area contributed by atoms with E-state index in [0.717, 1.165) is 11.1 Å². The summed E-state index contributed by atoms with van der Waals surface area (Å²) in [5, 5.41) is 29.3. The maximum atomic E-state index is 9.80. The summed E-state index contributed by atoms with van der Waals surface area (Å²) in [7, 11) is 0. The molecule has 24 heavy (non-hydrogen) atoms. The minimum atomic E-state index is -1.55. The molecular formula is C20H14N4. The number of nitriles is 3. The van der Waals surface area contributed by atoms with Gasteiger partial charge >= 0.3 is 0 Å². The highest BCUT2D eigenvalue weighted by Gasteiger charge is 2.55. The van der Waals surface area contributed by atoms with E-state index in [0.29, 0.717) is 5.57 Å². The summed E-state index contributed by atoms with van der Waals surface area (Å²) >= 11 is 0. The van der Waals surface area contributed by atoms with Crippen LogP contribution in [0.3, 0.4) is 0 Å². The zero-order chi connectivity index (χ0) is 17.2. The number of nitrogens with zero attached hydrogens (tertiary/aromatic N) is 3. The van der Waals surface area contributed by atoms with Crippen molar-refractivity contribution in [3.8, 4) is 18.2 Å². The zero-order valence-corrected chi connectivity index (χ0v) is 12.8. The van der Waals surface area contributed by atoms with Gasteiger partial charge < -0.3 is 5.73 Å². The van der Waals surface area contributed by atoms with Gasteiger partial charge in [0.1, 0.15) is 0 Å². The Balaban J connectivity index is 2.31. The third-order valence-corrected chi connectivity index (χ3v) is 4.62. The highest BCUT2D eigenvalue weighted by atomic mass is 14.7. The van der Waals surface area contributed by atoms with E-state index in [4.69, 9.17) is 5.73 Å². The van der Waals surface area contributed by atoms with Gasteiger partial charge in [-0.05, 0) is 11.1 Å². The fraction of sp³-hybridized carbons (Fsp3) is 0.150. The molecule has 0 heterocycles. The first-order valence-corrected chi connectivity index (χ1v) is 7.52. The molecule has 4 nitrogen and oxygen atoms in total. The standard InChI is InChI=1S/C20H14N4/c21-11-16-17(14-7-3-1-4-8-14)18(15-9-5-2-6-10-15)20(12-22,13-23)19(16)24/h1-10,17-18H,24H2. The fourth-order valence-corrected chi connectivity index (χ4v) is 3.50. The Morgan fingerprint density at radius 2 is 1.29 bits per heavy atom. The van der Waals surface area contributed by atoms with Crippen molar-refractivity contribution in [3.05, 3.63) is 83.1 Å². The van der Waals surface area contributed by atoms with Crippen LogP contribution in [-0.2, 0) is 0 Å². The molecule has 0 amide bonds. The molecule has 2 N–H and O–H groups in total. The second-order valence-electron chi connectivity index (χ2n) is 5.75. The topological polar surface area (TPSA) is 97.4 Å². The second kappa shape index (κ2) is 5.92. The van der Waals surface area contributed by atoms with Gasteiger partial charge in [0.2, 0.25) is 0 Å². The van der Waals surface area contributed by atoms with Gasteiger partial charge in [0.25, 0.3) is 0 Å². The van der Waals surface area contributed by atoms with E-state index in [1.54, 1.807) is 0 Å². The number of allylic oxidation sites excluding steroid dienone is 2. The fourth-order valence-electron chi connectivity index (χ4n) is 3.50. The van der Waals surface area contributed by atoms with Gasteiger partial charge in [0.05, 0.1) is 29.5 Å². The number of benzene rings is 2. The van der Waals surface area contributed by atoms with Crippen LogP contribution in [0.4, 0.5) is 0 Å². The van der Waals surface area contributed by atoms with Crippen molar-refractivity contribution in [2.75, 3.05) is 0 Å². The highest BCUT2D eigenvalue weighted by molar-refractivity contribution is 5.58. The zero-order valence-electron chi connectivity index (χ0n) is 12.8. The van der Waals surface area contributed by atoms with Gasteiger partial charge in [-0.2, -0.15) is 15.8 Å². The Morgan fingerprint density at radius 3 is 1.75 bits per heavy atom. The molecule has 3 rings (SSSR count). The lowest BCUT2D eigenvalue weighted by Gasteiger charge is -2.28. The molecule has 0 spiro atoms. The van der Waals surface area contributed by atoms with Crippen molar-refractivity contribution < 1.29 is 0 Å². The van der Waals surface area contributed by atoms with Crippen LogP contribution in [0.25, 0.3) is 0 Å². The molecule has 0 saturated carbocycles.